The maximum Gasteiger partial charge on any atom is 0.124 e. The Bertz CT molecular complexity index is 1020. The number of likely N-dealkylation sites (tertiary alicyclic amines) is 1. The van der Waals surface area contributed by atoms with Gasteiger partial charge in [0, 0.05) is 11.6 Å². The summed E-state index contributed by atoms with van der Waals surface area (Å²) in [7, 11) is 0. The predicted octanol–water partition coefficient (Wildman–Crippen LogP) is 6.01. The highest BCUT2D eigenvalue weighted by Gasteiger charge is 2.23. The fraction of sp³-hybridized carbons (Fsp3) is 0.480. The molecule has 2 aliphatic rings. The molecule has 1 saturated heterocycles. The summed E-state index contributed by atoms with van der Waals surface area (Å²) < 4.78 is 15.5. The molecule has 3 aromatic rings. The van der Waals surface area contributed by atoms with E-state index in [4.69, 9.17) is 16.6 Å². The second-order valence-electron chi connectivity index (χ2n) is 8.95. The molecule has 0 N–H and O–H groups in total. The highest BCUT2D eigenvalue weighted by molar-refractivity contribution is 6.31. The van der Waals surface area contributed by atoms with Crippen LogP contribution in [0, 0.1) is 11.7 Å². The van der Waals surface area contributed by atoms with Crippen LogP contribution < -0.4 is 0 Å². The lowest BCUT2D eigenvalue weighted by molar-refractivity contribution is 0.166. The first-order valence-corrected chi connectivity index (χ1v) is 11.7. The van der Waals surface area contributed by atoms with Crippen molar-refractivity contribution >= 4 is 22.6 Å². The fourth-order valence-electron chi connectivity index (χ4n) is 5.22. The summed E-state index contributed by atoms with van der Waals surface area (Å²) in [5, 5.41) is 0.803. The molecule has 2 aromatic carbocycles. The molecule has 0 unspecified atom stereocenters. The van der Waals surface area contributed by atoms with Crippen LogP contribution in [0.2, 0.25) is 5.02 Å². The molecule has 3 nitrogen and oxygen atoms in total. The summed E-state index contributed by atoms with van der Waals surface area (Å²) in [6, 6.07) is 11.1. The Kier molecular flexibility index (Phi) is 5.79. The maximum atomic E-state index is 13.0. The number of piperidine rings is 1. The van der Waals surface area contributed by atoms with Crippen molar-refractivity contribution in [2.45, 2.75) is 58.0 Å². The van der Waals surface area contributed by atoms with Crippen LogP contribution in [0.4, 0.5) is 4.39 Å². The van der Waals surface area contributed by atoms with Crippen LogP contribution in [0.3, 0.4) is 0 Å². The van der Waals surface area contributed by atoms with Crippen LogP contribution in [0.25, 0.3) is 11.0 Å². The number of imidazole rings is 1. The zero-order chi connectivity index (χ0) is 20.5. The Balaban J connectivity index is 1.15. The Labute approximate surface area is 182 Å². The number of aryl methyl sites for hydroxylation is 3. The molecular formula is C25H29ClFN3. The van der Waals surface area contributed by atoms with Gasteiger partial charge in [0.15, 0.2) is 0 Å². The minimum atomic E-state index is -0.148. The van der Waals surface area contributed by atoms with Gasteiger partial charge in [0.1, 0.15) is 11.6 Å². The maximum absolute atomic E-state index is 13.0. The quantitative estimate of drug-likeness (QED) is 0.482. The Morgan fingerprint density at radius 3 is 2.67 bits per heavy atom. The number of aromatic nitrogens is 2. The summed E-state index contributed by atoms with van der Waals surface area (Å²) in [4.78, 5) is 7.52. The van der Waals surface area contributed by atoms with E-state index >= 15 is 0 Å². The third kappa shape index (κ3) is 4.26. The van der Waals surface area contributed by atoms with Gasteiger partial charge in [-0.3, -0.25) is 4.90 Å². The molecule has 5 heteroatoms. The van der Waals surface area contributed by atoms with Gasteiger partial charge in [-0.2, -0.15) is 0 Å². The molecule has 2 aliphatic heterocycles. The second-order valence-corrected chi connectivity index (χ2v) is 9.39. The normalized spacial score (nSPS) is 17.7. The average molecular weight is 426 g/mol. The molecule has 0 aliphatic carbocycles. The van der Waals surface area contributed by atoms with E-state index in [9.17, 15) is 4.39 Å². The molecule has 158 valence electrons. The summed E-state index contributed by atoms with van der Waals surface area (Å²) >= 11 is 6.31. The van der Waals surface area contributed by atoms with E-state index in [1.165, 1.54) is 54.6 Å². The van der Waals surface area contributed by atoms with Crippen molar-refractivity contribution in [3.63, 3.8) is 0 Å². The van der Waals surface area contributed by atoms with E-state index in [2.05, 4.69) is 15.5 Å². The summed E-state index contributed by atoms with van der Waals surface area (Å²) in [6.45, 7) is 4.31. The van der Waals surface area contributed by atoms with Crippen molar-refractivity contribution in [3.05, 3.63) is 64.2 Å². The van der Waals surface area contributed by atoms with Crippen LogP contribution in [-0.4, -0.2) is 27.5 Å². The van der Waals surface area contributed by atoms with Crippen molar-refractivity contribution in [1.82, 2.24) is 14.5 Å². The molecule has 0 atom stereocenters. The average Bonchev–Trinajstić information content (AvgIpc) is 3.09. The predicted molar refractivity (Wildman–Crippen MR) is 120 cm³/mol. The summed E-state index contributed by atoms with van der Waals surface area (Å²) in [6.07, 6.45) is 8.31. The molecule has 0 radical (unpaired) electrons. The first kappa shape index (κ1) is 20.0. The first-order chi connectivity index (χ1) is 14.7. The van der Waals surface area contributed by atoms with Crippen molar-refractivity contribution in [3.8, 4) is 0 Å². The van der Waals surface area contributed by atoms with Crippen LogP contribution in [0.1, 0.15) is 49.1 Å². The standard InChI is InChI=1S/C25H29ClFN3/c26-21-15-20-5-2-12-30-24(28-23(16-21)25(20)30)17-29-13-10-19(11-14-29)4-1-3-18-6-8-22(27)9-7-18/h6-9,15-16,19H,1-5,10-14,17H2. The topological polar surface area (TPSA) is 21.1 Å². The molecule has 1 aromatic heterocycles. The van der Waals surface area contributed by atoms with Gasteiger partial charge in [0.05, 0.1) is 17.6 Å². The molecule has 0 spiro atoms. The van der Waals surface area contributed by atoms with E-state index < -0.39 is 0 Å². The first-order valence-electron chi connectivity index (χ1n) is 11.3. The zero-order valence-electron chi connectivity index (χ0n) is 17.4. The molecule has 0 amide bonds. The number of nitrogens with zero attached hydrogens (tertiary/aromatic N) is 3. The van der Waals surface area contributed by atoms with E-state index in [1.807, 2.05) is 18.2 Å². The van der Waals surface area contributed by atoms with Gasteiger partial charge in [-0.05, 0) is 92.9 Å². The minimum absolute atomic E-state index is 0.148. The van der Waals surface area contributed by atoms with Gasteiger partial charge in [-0.15, -0.1) is 0 Å². The highest BCUT2D eigenvalue weighted by atomic mass is 35.5. The lowest BCUT2D eigenvalue weighted by atomic mass is 9.91. The largest absolute Gasteiger partial charge is 0.327 e. The van der Waals surface area contributed by atoms with Gasteiger partial charge < -0.3 is 4.57 Å². The van der Waals surface area contributed by atoms with Crippen LogP contribution in [-0.2, 0) is 25.9 Å². The van der Waals surface area contributed by atoms with Gasteiger partial charge in [-0.1, -0.05) is 30.2 Å². The van der Waals surface area contributed by atoms with Crippen molar-refractivity contribution in [2.24, 2.45) is 5.92 Å². The molecule has 0 saturated carbocycles. The number of benzene rings is 2. The fourth-order valence-corrected chi connectivity index (χ4v) is 5.46. The van der Waals surface area contributed by atoms with E-state index in [0.29, 0.717) is 0 Å². The molecule has 30 heavy (non-hydrogen) atoms. The van der Waals surface area contributed by atoms with Crippen LogP contribution in [0.15, 0.2) is 36.4 Å². The van der Waals surface area contributed by atoms with Crippen LogP contribution >= 0.6 is 11.6 Å². The van der Waals surface area contributed by atoms with Gasteiger partial charge >= 0.3 is 0 Å². The molecule has 5 rings (SSSR count). The number of rotatable bonds is 6. The van der Waals surface area contributed by atoms with Crippen molar-refractivity contribution in [2.75, 3.05) is 13.1 Å². The number of hydrogen-bond donors (Lipinski definition) is 0. The highest BCUT2D eigenvalue weighted by Crippen LogP contribution is 2.31. The van der Waals surface area contributed by atoms with Gasteiger partial charge in [0.2, 0.25) is 0 Å². The molecule has 0 bridgehead atoms. The van der Waals surface area contributed by atoms with Gasteiger partial charge in [-0.25, -0.2) is 9.37 Å². The lowest BCUT2D eigenvalue weighted by Gasteiger charge is -2.32. The Hall–Kier alpha value is -1.91. The third-order valence-corrected chi connectivity index (χ3v) is 7.07. The summed E-state index contributed by atoms with van der Waals surface area (Å²) in [5.74, 6) is 1.86. The zero-order valence-corrected chi connectivity index (χ0v) is 18.2. The van der Waals surface area contributed by atoms with Crippen LogP contribution in [0.5, 0.6) is 0 Å². The van der Waals surface area contributed by atoms with Gasteiger partial charge in [0.25, 0.3) is 0 Å². The van der Waals surface area contributed by atoms with E-state index in [-0.39, 0.29) is 5.82 Å². The SMILES string of the molecule is Fc1ccc(CCCC2CCN(Cc3nc4cc(Cl)cc5c4n3CCC5)CC2)cc1. The monoisotopic (exact) mass is 425 g/mol. The van der Waals surface area contributed by atoms with E-state index in [0.717, 1.165) is 55.5 Å². The number of halogens is 2. The smallest absolute Gasteiger partial charge is 0.124 e. The Morgan fingerprint density at radius 1 is 1.07 bits per heavy atom. The second kappa shape index (κ2) is 8.68. The molecule has 1 fully saturated rings. The number of hydrogen-bond acceptors (Lipinski definition) is 2. The molecular weight excluding hydrogens is 397 g/mol. The van der Waals surface area contributed by atoms with Crippen molar-refractivity contribution < 1.29 is 4.39 Å². The lowest BCUT2D eigenvalue weighted by Crippen LogP contribution is -2.34. The van der Waals surface area contributed by atoms with Crippen molar-refractivity contribution in [1.29, 1.82) is 0 Å². The minimum Gasteiger partial charge on any atom is -0.327 e. The Morgan fingerprint density at radius 2 is 1.87 bits per heavy atom. The third-order valence-electron chi connectivity index (χ3n) is 6.86. The summed E-state index contributed by atoms with van der Waals surface area (Å²) in [5.41, 5.74) is 4.95. The molecule has 3 heterocycles. The van der Waals surface area contributed by atoms with E-state index in [1.54, 1.807) is 12.1 Å².